The van der Waals surface area contributed by atoms with Gasteiger partial charge in [0.05, 0.1) is 19.6 Å². The zero-order valence-corrected chi connectivity index (χ0v) is 14.8. The molecule has 0 saturated carbocycles. The maximum atomic E-state index is 12.4. The summed E-state index contributed by atoms with van der Waals surface area (Å²) >= 11 is 0. The first-order valence-corrected chi connectivity index (χ1v) is 9.22. The fraction of sp³-hybridized carbons (Fsp3) is 0.579. The van der Waals surface area contributed by atoms with Crippen molar-refractivity contribution in [2.75, 3.05) is 25.1 Å². The third-order valence-electron chi connectivity index (χ3n) is 4.95. The van der Waals surface area contributed by atoms with Crippen LogP contribution < -0.4 is 15.0 Å². The highest BCUT2D eigenvalue weighted by molar-refractivity contribution is 5.94. The first-order valence-electron chi connectivity index (χ1n) is 9.22. The zero-order valence-electron chi connectivity index (χ0n) is 14.8. The molecular weight excluding hydrogens is 320 g/mol. The predicted molar refractivity (Wildman–Crippen MR) is 93.7 cm³/mol. The maximum absolute atomic E-state index is 12.4. The van der Waals surface area contributed by atoms with Gasteiger partial charge in [-0.25, -0.2) is 4.79 Å². The third kappa shape index (κ3) is 4.51. The molecule has 1 aromatic carbocycles. The van der Waals surface area contributed by atoms with Gasteiger partial charge in [-0.1, -0.05) is 6.92 Å². The van der Waals surface area contributed by atoms with Crippen molar-refractivity contribution < 1.29 is 24.0 Å². The van der Waals surface area contributed by atoms with E-state index >= 15 is 0 Å². The Bertz CT molecular complexity index is 602. The van der Waals surface area contributed by atoms with Gasteiger partial charge in [0.1, 0.15) is 18.4 Å². The number of esters is 1. The van der Waals surface area contributed by atoms with E-state index in [0.29, 0.717) is 24.9 Å². The fourth-order valence-electron chi connectivity index (χ4n) is 3.66. The fourth-order valence-corrected chi connectivity index (χ4v) is 3.66. The lowest BCUT2D eigenvalue weighted by Gasteiger charge is -2.40. The molecule has 0 spiro atoms. The van der Waals surface area contributed by atoms with E-state index in [-0.39, 0.29) is 24.3 Å². The van der Waals surface area contributed by atoms with E-state index in [1.807, 2.05) is 24.3 Å². The summed E-state index contributed by atoms with van der Waals surface area (Å²) in [7, 11) is 0. The number of rotatable bonds is 6. The zero-order chi connectivity index (χ0) is 17.6. The molecule has 0 bridgehead atoms. The molecule has 3 atom stereocenters. The molecule has 0 radical (unpaired) electrons. The predicted octanol–water partition coefficient (Wildman–Crippen LogP) is 1.17. The van der Waals surface area contributed by atoms with Crippen molar-refractivity contribution in [2.45, 2.75) is 51.1 Å². The second kappa shape index (κ2) is 8.34. The van der Waals surface area contributed by atoms with Crippen LogP contribution in [-0.4, -0.2) is 43.7 Å². The summed E-state index contributed by atoms with van der Waals surface area (Å²) in [4.78, 5) is 25.8. The Kier molecular flexibility index (Phi) is 5.91. The number of anilines is 1. The summed E-state index contributed by atoms with van der Waals surface area (Å²) in [5.41, 5.74) is 0.711. The highest BCUT2D eigenvalue weighted by atomic mass is 16.5. The van der Waals surface area contributed by atoms with Crippen LogP contribution in [0.3, 0.4) is 0 Å². The number of ether oxygens (including phenoxy) is 2. The molecule has 0 aliphatic carbocycles. The molecular formula is C19H27N2O4+. The average molecular weight is 347 g/mol. The van der Waals surface area contributed by atoms with Crippen molar-refractivity contribution in [1.29, 1.82) is 0 Å². The van der Waals surface area contributed by atoms with Crippen LogP contribution in [0.1, 0.15) is 39.0 Å². The van der Waals surface area contributed by atoms with Gasteiger partial charge in [-0.05, 0) is 43.5 Å². The van der Waals surface area contributed by atoms with Gasteiger partial charge in [-0.15, -0.1) is 0 Å². The molecule has 2 fully saturated rings. The molecule has 2 N–H and O–H groups in total. The van der Waals surface area contributed by atoms with E-state index in [9.17, 15) is 9.59 Å². The van der Waals surface area contributed by atoms with Crippen LogP contribution in [0, 0.1) is 0 Å². The molecule has 1 aromatic rings. The van der Waals surface area contributed by atoms with Crippen molar-refractivity contribution in [3.63, 3.8) is 0 Å². The minimum atomic E-state index is -0.383. The lowest BCUT2D eigenvalue weighted by Crippen LogP contribution is -3.22. The number of benzene rings is 1. The molecule has 1 amide bonds. The van der Waals surface area contributed by atoms with Crippen molar-refractivity contribution in [3.05, 3.63) is 24.3 Å². The largest absolute Gasteiger partial charge is 0.494 e. The van der Waals surface area contributed by atoms with Crippen LogP contribution in [0.25, 0.3) is 0 Å². The summed E-state index contributed by atoms with van der Waals surface area (Å²) < 4.78 is 10.8. The van der Waals surface area contributed by atoms with Gasteiger partial charge < -0.3 is 19.7 Å². The Morgan fingerprint density at radius 3 is 2.88 bits per heavy atom. The number of hydrogen-bond acceptors (Lipinski definition) is 4. The first kappa shape index (κ1) is 17.7. The number of quaternary nitrogens is 1. The van der Waals surface area contributed by atoms with E-state index in [0.717, 1.165) is 31.6 Å². The molecule has 0 aromatic heterocycles. The highest BCUT2D eigenvalue weighted by Crippen LogP contribution is 2.17. The molecule has 1 unspecified atom stereocenters. The number of piperidine rings is 1. The summed E-state index contributed by atoms with van der Waals surface area (Å²) in [6, 6.07) is 7.28. The first-order chi connectivity index (χ1) is 12.2. The average Bonchev–Trinajstić information content (AvgIpc) is 2.63. The quantitative estimate of drug-likeness (QED) is 0.758. The van der Waals surface area contributed by atoms with E-state index in [1.165, 1.54) is 11.3 Å². The molecule has 2 heterocycles. The summed E-state index contributed by atoms with van der Waals surface area (Å²) in [5.74, 6) is 0.394. The lowest BCUT2D eigenvalue weighted by atomic mass is 9.97. The van der Waals surface area contributed by atoms with Crippen LogP contribution in [0.5, 0.6) is 5.75 Å². The van der Waals surface area contributed by atoms with E-state index in [4.69, 9.17) is 9.47 Å². The number of cyclic esters (lactones) is 1. The number of fused-ring (bicyclic) bond motifs is 1. The van der Waals surface area contributed by atoms with E-state index < -0.39 is 0 Å². The molecule has 2 aliphatic rings. The number of carbonyl (C=O) groups is 2. The smallest absolute Gasteiger partial charge is 0.365 e. The van der Waals surface area contributed by atoms with Gasteiger partial charge in [0, 0.05) is 12.1 Å². The van der Waals surface area contributed by atoms with Gasteiger partial charge >= 0.3 is 5.97 Å². The SMILES string of the molecule is CCCOc1ccc(NC(=O)C[C@@H]2C(=O)OC[C@H]3CCCC[NH+]32)cc1. The minimum Gasteiger partial charge on any atom is -0.494 e. The van der Waals surface area contributed by atoms with Gasteiger partial charge in [-0.2, -0.15) is 0 Å². The van der Waals surface area contributed by atoms with Gasteiger partial charge in [-0.3, -0.25) is 4.79 Å². The van der Waals surface area contributed by atoms with E-state index in [1.54, 1.807) is 0 Å². The Morgan fingerprint density at radius 1 is 1.32 bits per heavy atom. The topological polar surface area (TPSA) is 69.1 Å². The Labute approximate surface area is 148 Å². The number of morpholine rings is 1. The van der Waals surface area contributed by atoms with Crippen molar-refractivity contribution in [2.24, 2.45) is 0 Å². The standard InChI is InChI=1S/C19H26N2O4/c1-2-11-24-16-8-6-14(7-9-16)20-18(22)12-17-19(23)25-13-15-5-3-4-10-21(15)17/h6-9,15,17H,2-5,10-13H2,1H3,(H,20,22)/p+1/t15-,17-/m1/s1. The van der Waals surface area contributed by atoms with Crippen LogP contribution >= 0.6 is 0 Å². The molecule has 136 valence electrons. The van der Waals surface area contributed by atoms with Gasteiger partial charge in [0.15, 0.2) is 6.04 Å². The minimum absolute atomic E-state index is 0.150. The van der Waals surface area contributed by atoms with Crippen molar-refractivity contribution in [3.8, 4) is 5.75 Å². The Morgan fingerprint density at radius 2 is 2.12 bits per heavy atom. The van der Waals surface area contributed by atoms with Gasteiger partial charge in [0.25, 0.3) is 0 Å². The number of hydrogen-bond donors (Lipinski definition) is 2. The normalized spacial score (nSPS) is 25.6. The molecule has 6 heteroatoms. The number of carbonyl (C=O) groups excluding carboxylic acids is 2. The second-order valence-corrected chi connectivity index (χ2v) is 6.83. The monoisotopic (exact) mass is 347 g/mol. The molecule has 2 aliphatic heterocycles. The lowest BCUT2D eigenvalue weighted by molar-refractivity contribution is -0.951. The van der Waals surface area contributed by atoms with Crippen LogP contribution in [0.15, 0.2) is 24.3 Å². The van der Waals surface area contributed by atoms with Gasteiger partial charge in [0.2, 0.25) is 5.91 Å². The molecule has 6 nitrogen and oxygen atoms in total. The highest BCUT2D eigenvalue weighted by Gasteiger charge is 2.43. The van der Waals surface area contributed by atoms with Crippen LogP contribution in [0.4, 0.5) is 5.69 Å². The Balaban J connectivity index is 1.56. The summed E-state index contributed by atoms with van der Waals surface area (Å²) in [6.07, 6.45) is 4.47. The Hall–Kier alpha value is -2.08. The molecule has 2 saturated heterocycles. The number of amides is 1. The summed E-state index contributed by atoms with van der Waals surface area (Å²) in [5, 5.41) is 2.87. The second-order valence-electron chi connectivity index (χ2n) is 6.83. The molecule has 3 rings (SSSR count). The number of nitrogens with one attached hydrogen (secondary N) is 2. The van der Waals surface area contributed by atoms with Crippen LogP contribution in [0.2, 0.25) is 0 Å². The third-order valence-corrected chi connectivity index (χ3v) is 4.95. The van der Waals surface area contributed by atoms with Crippen molar-refractivity contribution in [1.82, 2.24) is 0 Å². The summed E-state index contributed by atoms with van der Waals surface area (Å²) in [6.45, 7) is 4.17. The van der Waals surface area contributed by atoms with Crippen LogP contribution in [-0.2, 0) is 14.3 Å². The molecule has 25 heavy (non-hydrogen) atoms. The van der Waals surface area contributed by atoms with E-state index in [2.05, 4.69) is 12.2 Å². The van der Waals surface area contributed by atoms with Crippen molar-refractivity contribution >= 4 is 17.6 Å². The maximum Gasteiger partial charge on any atom is 0.365 e.